The molecule has 1 aliphatic rings. The second-order valence-electron chi connectivity index (χ2n) is 4.42. The molecular formula is C13H17F2NO. The van der Waals surface area contributed by atoms with E-state index < -0.39 is 12.5 Å². The Balaban J connectivity index is 1.80. The molecule has 1 aromatic rings. The van der Waals surface area contributed by atoms with E-state index >= 15 is 0 Å². The number of hydroxylamine groups is 1. The quantitative estimate of drug-likeness (QED) is 0.799. The van der Waals surface area contributed by atoms with E-state index in [0.29, 0.717) is 0 Å². The minimum Gasteiger partial charge on any atom is -0.298 e. The van der Waals surface area contributed by atoms with Crippen molar-refractivity contribution >= 4 is 0 Å². The molecule has 0 amide bonds. The standard InChI is InChI=1S/C13H17F2NO/c14-13(15,11-6-2-1-3-7-11)10-16-17-12-8-4-5-9-12/h1-3,6-7,12,16H,4-5,8-10H2. The van der Waals surface area contributed by atoms with Crippen LogP contribution >= 0.6 is 0 Å². The van der Waals surface area contributed by atoms with Crippen molar-refractivity contribution in [1.29, 1.82) is 0 Å². The molecular weight excluding hydrogens is 224 g/mol. The first kappa shape index (κ1) is 12.5. The lowest BCUT2D eigenvalue weighted by Gasteiger charge is -2.19. The zero-order chi connectivity index (χ0) is 12.1. The van der Waals surface area contributed by atoms with Crippen molar-refractivity contribution in [3.63, 3.8) is 0 Å². The highest BCUT2D eigenvalue weighted by molar-refractivity contribution is 5.20. The number of benzene rings is 1. The molecule has 0 saturated heterocycles. The Hall–Kier alpha value is -1.00. The predicted molar refractivity (Wildman–Crippen MR) is 61.7 cm³/mol. The number of hydrogen-bond donors (Lipinski definition) is 1. The van der Waals surface area contributed by atoms with Gasteiger partial charge in [-0.2, -0.15) is 14.3 Å². The van der Waals surface area contributed by atoms with Crippen molar-refractivity contribution in [1.82, 2.24) is 5.48 Å². The Labute approximate surface area is 99.9 Å². The summed E-state index contributed by atoms with van der Waals surface area (Å²) in [4.78, 5) is 5.23. The molecule has 1 saturated carbocycles. The lowest BCUT2D eigenvalue weighted by molar-refractivity contribution is -0.0845. The Morgan fingerprint density at radius 1 is 1.18 bits per heavy atom. The maximum Gasteiger partial charge on any atom is 0.287 e. The Morgan fingerprint density at radius 3 is 2.47 bits per heavy atom. The molecule has 94 valence electrons. The molecule has 1 aliphatic carbocycles. The summed E-state index contributed by atoms with van der Waals surface area (Å²) in [7, 11) is 0. The van der Waals surface area contributed by atoms with Gasteiger partial charge >= 0.3 is 0 Å². The maximum atomic E-state index is 13.7. The molecule has 0 atom stereocenters. The number of nitrogens with one attached hydrogen (secondary N) is 1. The summed E-state index contributed by atoms with van der Waals surface area (Å²) in [6, 6.07) is 7.80. The number of rotatable bonds is 5. The summed E-state index contributed by atoms with van der Waals surface area (Å²) in [5.74, 6) is -2.89. The second-order valence-corrected chi connectivity index (χ2v) is 4.42. The van der Waals surface area contributed by atoms with Crippen LogP contribution in [-0.4, -0.2) is 12.6 Å². The van der Waals surface area contributed by atoms with Gasteiger partial charge in [0.15, 0.2) is 0 Å². The molecule has 0 aromatic heterocycles. The molecule has 0 radical (unpaired) electrons. The Kier molecular flexibility index (Phi) is 4.07. The highest BCUT2D eigenvalue weighted by Gasteiger charge is 2.31. The van der Waals surface area contributed by atoms with Gasteiger partial charge in [0, 0.05) is 5.56 Å². The average Bonchev–Trinajstić information content (AvgIpc) is 2.83. The van der Waals surface area contributed by atoms with Crippen molar-refractivity contribution in [2.45, 2.75) is 37.7 Å². The van der Waals surface area contributed by atoms with Gasteiger partial charge in [0.25, 0.3) is 5.92 Å². The molecule has 2 rings (SSSR count). The van der Waals surface area contributed by atoms with Crippen molar-refractivity contribution in [3.8, 4) is 0 Å². The average molecular weight is 241 g/mol. The lowest BCUT2D eigenvalue weighted by Crippen LogP contribution is -2.33. The van der Waals surface area contributed by atoms with Crippen molar-refractivity contribution < 1.29 is 13.6 Å². The largest absolute Gasteiger partial charge is 0.298 e. The summed E-state index contributed by atoms with van der Waals surface area (Å²) in [5, 5.41) is 0. The fourth-order valence-electron chi connectivity index (χ4n) is 2.04. The molecule has 0 heterocycles. The molecule has 17 heavy (non-hydrogen) atoms. The fourth-order valence-corrected chi connectivity index (χ4v) is 2.04. The number of hydrogen-bond acceptors (Lipinski definition) is 2. The van der Waals surface area contributed by atoms with Crippen LogP contribution in [0, 0.1) is 0 Å². The van der Waals surface area contributed by atoms with E-state index in [1.807, 2.05) is 0 Å². The first-order valence-corrected chi connectivity index (χ1v) is 6.00. The molecule has 0 unspecified atom stereocenters. The monoisotopic (exact) mass is 241 g/mol. The molecule has 0 bridgehead atoms. The molecule has 0 spiro atoms. The summed E-state index contributed by atoms with van der Waals surface area (Å²) in [5.41, 5.74) is 2.43. The topological polar surface area (TPSA) is 21.3 Å². The molecule has 2 nitrogen and oxygen atoms in total. The second kappa shape index (κ2) is 5.56. The van der Waals surface area contributed by atoms with E-state index in [1.165, 1.54) is 12.1 Å². The van der Waals surface area contributed by atoms with E-state index in [9.17, 15) is 8.78 Å². The molecule has 0 aliphatic heterocycles. The van der Waals surface area contributed by atoms with Gasteiger partial charge in [-0.25, -0.2) is 0 Å². The summed E-state index contributed by atoms with van der Waals surface area (Å²) < 4.78 is 27.4. The van der Waals surface area contributed by atoms with Crippen LogP contribution in [0.1, 0.15) is 31.2 Å². The van der Waals surface area contributed by atoms with Gasteiger partial charge < -0.3 is 0 Å². The maximum absolute atomic E-state index is 13.7. The zero-order valence-corrected chi connectivity index (χ0v) is 9.66. The normalized spacial score (nSPS) is 17.5. The van der Waals surface area contributed by atoms with Crippen LogP contribution in [0.25, 0.3) is 0 Å². The van der Waals surface area contributed by atoms with Gasteiger partial charge in [0.2, 0.25) is 0 Å². The van der Waals surface area contributed by atoms with Gasteiger partial charge in [-0.3, -0.25) is 4.84 Å². The number of halogens is 2. The SMILES string of the molecule is FC(F)(CNOC1CCCC1)c1ccccc1. The van der Waals surface area contributed by atoms with E-state index in [1.54, 1.807) is 18.2 Å². The van der Waals surface area contributed by atoms with E-state index in [4.69, 9.17) is 4.84 Å². The van der Waals surface area contributed by atoms with Crippen LogP contribution in [0.4, 0.5) is 8.78 Å². The fraction of sp³-hybridized carbons (Fsp3) is 0.538. The Bertz CT molecular complexity index is 337. The Morgan fingerprint density at radius 2 is 1.82 bits per heavy atom. The predicted octanol–water partition coefficient (Wildman–Crippen LogP) is 3.24. The van der Waals surface area contributed by atoms with Crippen molar-refractivity contribution in [2.75, 3.05) is 6.54 Å². The van der Waals surface area contributed by atoms with E-state index in [2.05, 4.69) is 5.48 Å². The van der Waals surface area contributed by atoms with Crippen LogP contribution < -0.4 is 5.48 Å². The minimum atomic E-state index is -2.89. The van der Waals surface area contributed by atoms with E-state index in [0.717, 1.165) is 25.7 Å². The van der Waals surface area contributed by atoms with E-state index in [-0.39, 0.29) is 11.7 Å². The number of alkyl halides is 2. The summed E-state index contributed by atoms with van der Waals surface area (Å²) in [6.45, 7) is -0.479. The molecule has 1 aromatic carbocycles. The van der Waals surface area contributed by atoms with Crippen LogP contribution in [0.3, 0.4) is 0 Å². The first-order valence-electron chi connectivity index (χ1n) is 6.00. The minimum absolute atomic E-state index is 0.0162. The van der Waals surface area contributed by atoms with Gasteiger partial charge in [-0.1, -0.05) is 43.2 Å². The third-order valence-electron chi connectivity index (χ3n) is 3.04. The van der Waals surface area contributed by atoms with Gasteiger partial charge in [-0.05, 0) is 12.8 Å². The van der Waals surface area contributed by atoms with Gasteiger partial charge in [0.1, 0.15) is 0 Å². The van der Waals surface area contributed by atoms with Crippen molar-refractivity contribution in [3.05, 3.63) is 35.9 Å². The van der Waals surface area contributed by atoms with Crippen LogP contribution in [0.15, 0.2) is 30.3 Å². The zero-order valence-electron chi connectivity index (χ0n) is 9.66. The third-order valence-corrected chi connectivity index (χ3v) is 3.04. The van der Waals surface area contributed by atoms with Crippen LogP contribution in [0.5, 0.6) is 0 Å². The highest BCUT2D eigenvalue weighted by Crippen LogP contribution is 2.27. The highest BCUT2D eigenvalue weighted by atomic mass is 19.3. The summed E-state index contributed by atoms with van der Waals surface area (Å²) in [6.07, 6.45) is 4.28. The molecule has 1 fully saturated rings. The smallest absolute Gasteiger partial charge is 0.287 e. The van der Waals surface area contributed by atoms with Crippen LogP contribution in [0.2, 0.25) is 0 Å². The van der Waals surface area contributed by atoms with Crippen molar-refractivity contribution in [2.24, 2.45) is 0 Å². The summed E-state index contributed by atoms with van der Waals surface area (Å²) >= 11 is 0. The lowest BCUT2D eigenvalue weighted by atomic mass is 10.1. The van der Waals surface area contributed by atoms with Gasteiger partial charge in [0.05, 0.1) is 12.6 Å². The van der Waals surface area contributed by atoms with Crippen LogP contribution in [-0.2, 0) is 10.8 Å². The third kappa shape index (κ3) is 3.48. The van der Waals surface area contributed by atoms with Gasteiger partial charge in [-0.15, -0.1) is 0 Å². The first-order chi connectivity index (χ1) is 8.18. The molecule has 1 N–H and O–H groups in total. The molecule has 4 heteroatoms.